The lowest BCUT2D eigenvalue weighted by Gasteiger charge is -2.07. The number of benzene rings is 1. The summed E-state index contributed by atoms with van der Waals surface area (Å²) < 4.78 is 6.55. The minimum absolute atomic E-state index is 0.609. The van der Waals surface area contributed by atoms with Crippen molar-refractivity contribution in [2.24, 2.45) is 0 Å². The average Bonchev–Trinajstić information content (AvgIpc) is 2.73. The Morgan fingerprint density at radius 1 is 1.35 bits per heavy atom. The van der Waals surface area contributed by atoms with Crippen molar-refractivity contribution in [3.63, 3.8) is 0 Å². The number of thioether (sulfide) groups is 1. The summed E-state index contributed by atoms with van der Waals surface area (Å²) >= 11 is 3.24. The van der Waals surface area contributed by atoms with Crippen molar-refractivity contribution in [1.29, 1.82) is 0 Å². The molecule has 0 atom stereocenters. The number of para-hydroxylation sites is 2. The molecule has 1 aromatic heterocycles. The molecule has 6 heteroatoms. The number of anilines is 1. The van der Waals surface area contributed by atoms with Crippen LogP contribution in [0, 0.1) is 6.92 Å². The Hall–Kier alpha value is -1.27. The standard InChI is InChI=1S/C11H13N3OS2/c1-8-13-14-11(17-8)16-7-6-15-10-5-3-2-4-9(10)12/h2-5H,6-7,12H2,1H3. The van der Waals surface area contributed by atoms with Gasteiger partial charge in [0.2, 0.25) is 0 Å². The molecule has 4 nitrogen and oxygen atoms in total. The zero-order valence-electron chi connectivity index (χ0n) is 9.42. The molecule has 0 amide bonds. The number of aromatic nitrogens is 2. The Morgan fingerprint density at radius 2 is 2.18 bits per heavy atom. The number of aryl methyl sites for hydroxylation is 1. The van der Waals surface area contributed by atoms with E-state index >= 15 is 0 Å². The average molecular weight is 267 g/mol. The van der Waals surface area contributed by atoms with Gasteiger partial charge in [-0.25, -0.2) is 0 Å². The van der Waals surface area contributed by atoms with Gasteiger partial charge in [-0.3, -0.25) is 0 Å². The molecule has 2 aromatic rings. The molecule has 0 unspecified atom stereocenters. The van der Waals surface area contributed by atoms with E-state index in [-0.39, 0.29) is 0 Å². The van der Waals surface area contributed by atoms with Gasteiger partial charge in [0.25, 0.3) is 0 Å². The van der Waals surface area contributed by atoms with Crippen molar-refractivity contribution in [2.45, 2.75) is 11.3 Å². The van der Waals surface area contributed by atoms with Crippen molar-refractivity contribution in [3.8, 4) is 5.75 Å². The predicted octanol–water partition coefficient (Wildman–Crippen LogP) is 2.60. The largest absolute Gasteiger partial charge is 0.491 e. The normalized spacial score (nSPS) is 10.4. The maximum Gasteiger partial charge on any atom is 0.174 e. The fourth-order valence-electron chi connectivity index (χ4n) is 1.23. The fourth-order valence-corrected chi connectivity index (χ4v) is 2.93. The molecular weight excluding hydrogens is 254 g/mol. The molecule has 0 bridgehead atoms. The van der Waals surface area contributed by atoms with Crippen LogP contribution in [-0.4, -0.2) is 22.6 Å². The molecule has 0 aliphatic rings. The van der Waals surface area contributed by atoms with Gasteiger partial charge in [0.05, 0.1) is 12.3 Å². The molecule has 2 N–H and O–H groups in total. The second kappa shape index (κ2) is 5.88. The van der Waals surface area contributed by atoms with E-state index in [2.05, 4.69) is 10.2 Å². The maximum absolute atomic E-state index is 5.77. The van der Waals surface area contributed by atoms with Crippen LogP contribution in [0.3, 0.4) is 0 Å². The van der Waals surface area contributed by atoms with Gasteiger partial charge in [-0.15, -0.1) is 10.2 Å². The molecule has 1 aromatic carbocycles. The van der Waals surface area contributed by atoms with E-state index in [1.807, 2.05) is 31.2 Å². The van der Waals surface area contributed by atoms with Crippen LogP contribution in [0.15, 0.2) is 28.6 Å². The molecule has 0 aliphatic carbocycles. The van der Waals surface area contributed by atoms with Crippen molar-refractivity contribution in [1.82, 2.24) is 10.2 Å². The highest BCUT2D eigenvalue weighted by Crippen LogP contribution is 2.23. The molecule has 1 heterocycles. The molecular formula is C11H13N3OS2. The third-order valence-electron chi connectivity index (χ3n) is 1.99. The summed E-state index contributed by atoms with van der Waals surface area (Å²) in [7, 11) is 0. The van der Waals surface area contributed by atoms with Crippen LogP contribution in [0.4, 0.5) is 5.69 Å². The molecule has 2 rings (SSSR count). The number of hydrogen-bond donors (Lipinski definition) is 1. The van der Waals surface area contributed by atoms with Gasteiger partial charge in [0.15, 0.2) is 4.34 Å². The summed E-state index contributed by atoms with van der Waals surface area (Å²) in [6, 6.07) is 7.50. The van der Waals surface area contributed by atoms with Crippen molar-refractivity contribution < 1.29 is 4.74 Å². The lowest BCUT2D eigenvalue weighted by Crippen LogP contribution is -2.02. The Morgan fingerprint density at radius 3 is 2.88 bits per heavy atom. The highest BCUT2D eigenvalue weighted by atomic mass is 32.2. The summed E-state index contributed by atoms with van der Waals surface area (Å²) in [6.07, 6.45) is 0. The zero-order chi connectivity index (χ0) is 12.1. The molecule has 0 radical (unpaired) electrons. The minimum Gasteiger partial charge on any atom is -0.491 e. The Labute approximate surface area is 108 Å². The first-order valence-corrected chi connectivity index (χ1v) is 6.96. The minimum atomic E-state index is 0.609. The molecule has 90 valence electrons. The lowest BCUT2D eigenvalue weighted by molar-refractivity contribution is 0.346. The first kappa shape index (κ1) is 12.2. The Balaban J connectivity index is 1.75. The third-order valence-corrected chi connectivity index (χ3v) is 3.93. The monoisotopic (exact) mass is 267 g/mol. The third kappa shape index (κ3) is 3.61. The molecule has 0 fully saturated rings. The van der Waals surface area contributed by atoms with Gasteiger partial charge in [-0.1, -0.05) is 35.2 Å². The van der Waals surface area contributed by atoms with Crippen LogP contribution >= 0.6 is 23.1 Å². The predicted molar refractivity (Wildman–Crippen MR) is 71.7 cm³/mol. The number of ether oxygens (including phenoxy) is 1. The molecule has 17 heavy (non-hydrogen) atoms. The Kier molecular flexibility index (Phi) is 4.22. The molecule has 0 spiro atoms. The highest BCUT2D eigenvalue weighted by molar-refractivity contribution is 8.01. The molecule has 0 saturated carbocycles. The summed E-state index contributed by atoms with van der Waals surface area (Å²) in [5.74, 6) is 1.57. The van der Waals surface area contributed by atoms with Gasteiger partial charge < -0.3 is 10.5 Å². The number of nitrogens with two attached hydrogens (primary N) is 1. The van der Waals surface area contributed by atoms with E-state index in [4.69, 9.17) is 10.5 Å². The van der Waals surface area contributed by atoms with Crippen molar-refractivity contribution >= 4 is 28.8 Å². The first-order chi connectivity index (χ1) is 8.25. The van der Waals surface area contributed by atoms with Crippen molar-refractivity contribution in [3.05, 3.63) is 29.3 Å². The molecule has 0 aliphatic heterocycles. The van der Waals surface area contributed by atoms with Crippen LogP contribution in [-0.2, 0) is 0 Å². The highest BCUT2D eigenvalue weighted by Gasteiger charge is 2.02. The summed E-state index contributed by atoms with van der Waals surface area (Å²) in [5, 5.41) is 8.97. The SMILES string of the molecule is Cc1nnc(SCCOc2ccccc2N)s1. The molecule has 0 saturated heterocycles. The van der Waals surface area contributed by atoms with E-state index in [9.17, 15) is 0 Å². The quantitative estimate of drug-likeness (QED) is 0.512. The van der Waals surface area contributed by atoms with Gasteiger partial charge in [0.1, 0.15) is 10.8 Å². The zero-order valence-corrected chi connectivity index (χ0v) is 11.1. The van der Waals surface area contributed by atoms with Crippen LogP contribution in [0.2, 0.25) is 0 Å². The van der Waals surface area contributed by atoms with E-state index in [0.29, 0.717) is 12.3 Å². The lowest BCUT2D eigenvalue weighted by atomic mass is 10.3. The second-order valence-electron chi connectivity index (χ2n) is 3.32. The van der Waals surface area contributed by atoms with Crippen LogP contribution in [0.1, 0.15) is 5.01 Å². The fraction of sp³-hybridized carbons (Fsp3) is 0.273. The van der Waals surface area contributed by atoms with Crippen LogP contribution in [0.5, 0.6) is 5.75 Å². The van der Waals surface area contributed by atoms with Gasteiger partial charge in [0, 0.05) is 5.75 Å². The summed E-state index contributed by atoms with van der Waals surface area (Å²) in [6.45, 7) is 2.56. The Bertz CT molecular complexity index is 487. The van der Waals surface area contributed by atoms with Gasteiger partial charge in [-0.2, -0.15) is 0 Å². The van der Waals surface area contributed by atoms with Gasteiger partial charge in [-0.05, 0) is 19.1 Å². The maximum atomic E-state index is 5.77. The van der Waals surface area contributed by atoms with Crippen molar-refractivity contribution in [2.75, 3.05) is 18.1 Å². The van der Waals surface area contributed by atoms with Gasteiger partial charge >= 0.3 is 0 Å². The van der Waals surface area contributed by atoms with Crippen LogP contribution in [0.25, 0.3) is 0 Å². The second-order valence-corrected chi connectivity index (χ2v) is 5.85. The smallest absolute Gasteiger partial charge is 0.174 e. The summed E-state index contributed by atoms with van der Waals surface area (Å²) in [5.41, 5.74) is 6.44. The van der Waals surface area contributed by atoms with E-state index < -0.39 is 0 Å². The number of hydrogen-bond acceptors (Lipinski definition) is 6. The number of nitrogen functional groups attached to an aromatic ring is 1. The first-order valence-electron chi connectivity index (χ1n) is 5.16. The number of nitrogens with zero attached hydrogens (tertiary/aromatic N) is 2. The summed E-state index contributed by atoms with van der Waals surface area (Å²) in [4.78, 5) is 0. The topological polar surface area (TPSA) is 61.0 Å². The number of rotatable bonds is 5. The van der Waals surface area contributed by atoms with E-state index in [0.717, 1.165) is 20.8 Å². The van der Waals surface area contributed by atoms with E-state index in [1.165, 1.54) is 0 Å². The van der Waals surface area contributed by atoms with E-state index in [1.54, 1.807) is 23.1 Å². The van der Waals surface area contributed by atoms with Crippen LogP contribution < -0.4 is 10.5 Å².